The lowest BCUT2D eigenvalue weighted by atomic mass is 10.2. The summed E-state index contributed by atoms with van der Waals surface area (Å²) < 4.78 is 23.7. The first-order valence-electron chi connectivity index (χ1n) is 4.62. The maximum atomic E-state index is 13.2. The smallest absolute Gasteiger partial charge is 0.165 e. The molecule has 1 aromatic carbocycles. The van der Waals surface area contributed by atoms with Crippen LogP contribution < -0.4 is 4.74 Å². The lowest BCUT2D eigenvalue weighted by molar-refractivity contribution is 0.197. The van der Waals surface area contributed by atoms with Gasteiger partial charge < -0.3 is 9.47 Å². The number of hydrogen-bond donors (Lipinski definition) is 0. The van der Waals surface area contributed by atoms with Gasteiger partial charge in [0.1, 0.15) is 12.2 Å². The maximum absolute atomic E-state index is 13.2. The fourth-order valence-electron chi connectivity index (χ4n) is 1.16. The van der Waals surface area contributed by atoms with Crippen molar-refractivity contribution in [3.8, 4) is 5.75 Å². The Morgan fingerprint density at radius 2 is 2.29 bits per heavy atom. The van der Waals surface area contributed by atoms with E-state index in [2.05, 4.69) is 0 Å². The molecule has 0 amide bonds. The molecule has 0 radical (unpaired) electrons. The van der Waals surface area contributed by atoms with Crippen LogP contribution in [0.5, 0.6) is 5.75 Å². The van der Waals surface area contributed by atoms with Crippen LogP contribution >= 0.6 is 0 Å². The molecule has 0 aromatic heterocycles. The number of hydrogen-bond acceptors (Lipinski definition) is 2. The zero-order chi connectivity index (χ0) is 10.2. The zero-order valence-electron chi connectivity index (χ0n) is 8.34. The molecule has 0 bridgehead atoms. The molecule has 3 heteroatoms. The summed E-state index contributed by atoms with van der Waals surface area (Å²) in [6.07, 6.45) is 0. The van der Waals surface area contributed by atoms with E-state index in [0.29, 0.717) is 19.0 Å². The summed E-state index contributed by atoms with van der Waals surface area (Å²) in [5, 5.41) is 0. The highest BCUT2D eigenvalue weighted by atomic mass is 19.1. The predicted octanol–water partition coefficient (Wildman–Crippen LogP) is 2.30. The standard InChI is InChI=1S/C11H13FO2/c1-8-3-4-9(12)10(5-8)13-6-11(2)7-14-11/h3-5H,6-7H2,1-2H3. The van der Waals surface area contributed by atoms with Crippen molar-refractivity contribution in [2.24, 2.45) is 0 Å². The second kappa shape index (κ2) is 3.24. The predicted molar refractivity (Wildman–Crippen MR) is 51.0 cm³/mol. The Morgan fingerprint density at radius 1 is 1.57 bits per heavy atom. The van der Waals surface area contributed by atoms with Gasteiger partial charge in [-0.25, -0.2) is 4.39 Å². The maximum Gasteiger partial charge on any atom is 0.165 e. The largest absolute Gasteiger partial charge is 0.487 e. The summed E-state index contributed by atoms with van der Waals surface area (Å²) in [5.41, 5.74) is 0.791. The molecular formula is C11H13FO2. The number of halogens is 1. The van der Waals surface area contributed by atoms with Gasteiger partial charge in [-0.05, 0) is 31.5 Å². The first-order chi connectivity index (χ1) is 6.59. The topological polar surface area (TPSA) is 21.8 Å². The molecule has 1 heterocycles. The Morgan fingerprint density at radius 3 is 2.93 bits per heavy atom. The van der Waals surface area contributed by atoms with Crippen molar-refractivity contribution < 1.29 is 13.9 Å². The van der Waals surface area contributed by atoms with Crippen LogP contribution in [0.25, 0.3) is 0 Å². The Balaban J connectivity index is 2.04. The number of rotatable bonds is 3. The first-order valence-corrected chi connectivity index (χ1v) is 4.62. The van der Waals surface area contributed by atoms with E-state index < -0.39 is 0 Å². The quantitative estimate of drug-likeness (QED) is 0.692. The Bertz CT molecular complexity index is 345. The SMILES string of the molecule is Cc1ccc(F)c(OCC2(C)CO2)c1. The van der Waals surface area contributed by atoms with Gasteiger partial charge in [0.15, 0.2) is 11.6 Å². The molecule has 2 rings (SSSR count). The third-order valence-electron chi connectivity index (χ3n) is 2.26. The van der Waals surface area contributed by atoms with Crippen molar-refractivity contribution in [1.82, 2.24) is 0 Å². The van der Waals surface area contributed by atoms with Crippen LogP contribution in [0.4, 0.5) is 4.39 Å². The van der Waals surface area contributed by atoms with Gasteiger partial charge in [0.05, 0.1) is 6.61 Å². The minimum absolute atomic E-state index is 0.198. The molecule has 2 nitrogen and oxygen atoms in total. The second-order valence-corrected chi connectivity index (χ2v) is 3.96. The molecule has 0 spiro atoms. The summed E-state index contributed by atoms with van der Waals surface area (Å²) in [6, 6.07) is 4.83. The van der Waals surface area contributed by atoms with Crippen molar-refractivity contribution in [1.29, 1.82) is 0 Å². The summed E-state index contributed by atoms with van der Waals surface area (Å²) in [4.78, 5) is 0. The van der Waals surface area contributed by atoms with Gasteiger partial charge in [-0.2, -0.15) is 0 Å². The van der Waals surface area contributed by atoms with Gasteiger partial charge in [0.2, 0.25) is 0 Å². The Labute approximate surface area is 82.6 Å². The molecule has 1 atom stereocenters. The van der Waals surface area contributed by atoms with Crippen LogP contribution in [0, 0.1) is 12.7 Å². The highest BCUT2D eigenvalue weighted by Crippen LogP contribution is 2.28. The number of aryl methyl sites for hydroxylation is 1. The molecular weight excluding hydrogens is 183 g/mol. The van der Waals surface area contributed by atoms with E-state index in [1.165, 1.54) is 6.07 Å². The van der Waals surface area contributed by atoms with Gasteiger partial charge in [0, 0.05) is 0 Å². The van der Waals surface area contributed by atoms with Crippen LogP contribution in [-0.2, 0) is 4.74 Å². The minimum Gasteiger partial charge on any atom is -0.487 e. The molecule has 14 heavy (non-hydrogen) atoms. The molecule has 1 fully saturated rings. The summed E-state index contributed by atoms with van der Waals surface area (Å²) in [7, 11) is 0. The minimum atomic E-state index is -0.320. The number of epoxide rings is 1. The highest BCUT2D eigenvalue weighted by molar-refractivity contribution is 5.29. The molecule has 1 aliphatic heterocycles. The summed E-state index contributed by atoms with van der Waals surface area (Å²) in [5.74, 6) is -0.0124. The van der Waals surface area contributed by atoms with Crippen LogP contribution in [0.3, 0.4) is 0 Å². The van der Waals surface area contributed by atoms with Gasteiger partial charge in [-0.15, -0.1) is 0 Å². The lowest BCUT2D eigenvalue weighted by Crippen LogP contribution is -2.17. The second-order valence-electron chi connectivity index (χ2n) is 3.96. The fourth-order valence-corrected chi connectivity index (χ4v) is 1.16. The fraction of sp³-hybridized carbons (Fsp3) is 0.455. The molecule has 1 aliphatic rings. The van der Waals surface area contributed by atoms with E-state index in [1.54, 1.807) is 12.1 Å². The van der Waals surface area contributed by atoms with Crippen molar-refractivity contribution in [3.63, 3.8) is 0 Å². The van der Waals surface area contributed by atoms with E-state index in [0.717, 1.165) is 5.56 Å². The van der Waals surface area contributed by atoms with Crippen LogP contribution in [0.1, 0.15) is 12.5 Å². The van der Waals surface area contributed by atoms with Gasteiger partial charge in [-0.1, -0.05) is 6.07 Å². The van der Waals surface area contributed by atoms with Crippen LogP contribution in [0.2, 0.25) is 0 Å². The molecule has 1 saturated heterocycles. The third kappa shape index (κ3) is 2.04. The third-order valence-corrected chi connectivity index (χ3v) is 2.26. The lowest BCUT2D eigenvalue weighted by Gasteiger charge is -2.09. The summed E-state index contributed by atoms with van der Waals surface area (Å²) >= 11 is 0. The summed E-state index contributed by atoms with van der Waals surface area (Å²) in [6.45, 7) is 4.95. The van der Waals surface area contributed by atoms with Crippen LogP contribution in [0.15, 0.2) is 18.2 Å². The molecule has 0 saturated carbocycles. The highest BCUT2D eigenvalue weighted by Gasteiger charge is 2.40. The zero-order valence-corrected chi connectivity index (χ0v) is 8.34. The molecule has 76 valence electrons. The van der Waals surface area contributed by atoms with Crippen molar-refractivity contribution in [2.45, 2.75) is 19.4 Å². The van der Waals surface area contributed by atoms with E-state index in [9.17, 15) is 4.39 Å². The van der Waals surface area contributed by atoms with E-state index in [-0.39, 0.29) is 11.4 Å². The molecule has 0 aliphatic carbocycles. The average Bonchev–Trinajstić information content (AvgIpc) is 2.87. The first kappa shape index (κ1) is 9.46. The van der Waals surface area contributed by atoms with E-state index >= 15 is 0 Å². The molecule has 0 N–H and O–H groups in total. The monoisotopic (exact) mass is 196 g/mol. The van der Waals surface area contributed by atoms with Gasteiger partial charge >= 0.3 is 0 Å². The Hall–Kier alpha value is -1.09. The van der Waals surface area contributed by atoms with Gasteiger partial charge in [-0.3, -0.25) is 0 Å². The normalized spacial score (nSPS) is 24.8. The van der Waals surface area contributed by atoms with Crippen molar-refractivity contribution in [3.05, 3.63) is 29.6 Å². The van der Waals surface area contributed by atoms with E-state index in [4.69, 9.17) is 9.47 Å². The molecule has 1 aromatic rings. The number of benzene rings is 1. The van der Waals surface area contributed by atoms with Gasteiger partial charge in [0.25, 0.3) is 0 Å². The van der Waals surface area contributed by atoms with Crippen molar-refractivity contribution >= 4 is 0 Å². The van der Waals surface area contributed by atoms with Crippen molar-refractivity contribution in [2.75, 3.05) is 13.2 Å². The van der Waals surface area contributed by atoms with Crippen LogP contribution in [-0.4, -0.2) is 18.8 Å². The number of ether oxygens (including phenoxy) is 2. The average molecular weight is 196 g/mol. The Kier molecular flexibility index (Phi) is 2.19. The van der Waals surface area contributed by atoms with E-state index in [1.807, 2.05) is 13.8 Å². The molecule has 1 unspecified atom stereocenters.